The van der Waals surface area contributed by atoms with Crippen LogP contribution in [0, 0.1) is 20.8 Å². The van der Waals surface area contributed by atoms with Gasteiger partial charge in [0, 0.05) is 16.7 Å². The number of rotatable bonds is 5. The highest BCUT2D eigenvalue weighted by Crippen LogP contribution is 2.28. The van der Waals surface area contributed by atoms with E-state index in [4.69, 9.17) is 5.73 Å². The summed E-state index contributed by atoms with van der Waals surface area (Å²) < 4.78 is 0. The summed E-state index contributed by atoms with van der Waals surface area (Å²) >= 11 is 1.91. The van der Waals surface area contributed by atoms with Gasteiger partial charge in [0.05, 0.1) is 0 Å². The van der Waals surface area contributed by atoms with Crippen molar-refractivity contribution in [2.45, 2.75) is 50.8 Å². The summed E-state index contributed by atoms with van der Waals surface area (Å²) in [6, 6.07) is 13.7. The van der Waals surface area contributed by atoms with Crippen LogP contribution in [0.25, 0.3) is 0 Å². The van der Waals surface area contributed by atoms with Gasteiger partial charge in [-0.2, -0.15) is 0 Å². The first kappa shape index (κ1) is 16.1. The van der Waals surface area contributed by atoms with Crippen LogP contribution in [0.3, 0.4) is 0 Å². The average Bonchev–Trinajstić information content (AvgIpc) is 2.36. The standard InChI is InChI=1S/C19H25NS/c1-13-5-6-19(18(10-13)11-16(4)20)21-12-17-8-14(2)7-15(3)9-17/h5-10,16H,11-12,20H2,1-4H3. The lowest BCUT2D eigenvalue weighted by Gasteiger charge is -2.13. The lowest BCUT2D eigenvalue weighted by atomic mass is 10.1. The van der Waals surface area contributed by atoms with E-state index in [9.17, 15) is 0 Å². The zero-order valence-electron chi connectivity index (χ0n) is 13.4. The third-order valence-corrected chi connectivity index (χ3v) is 4.62. The Hall–Kier alpha value is -1.25. The lowest BCUT2D eigenvalue weighted by molar-refractivity contribution is 0.729. The van der Waals surface area contributed by atoms with E-state index in [-0.39, 0.29) is 6.04 Å². The van der Waals surface area contributed by atoms with Crippen molar-refractivity contribution in [1.29, 1.82) is 0 Å². The Balaban J connectivity index is 2.15. The molecular weight excluding hydrogens is 274 g/mol. The molecule has 0 fully saturated rings. The fraction of sp³-hybridized carbons (Fsp3) is 0.368. The van der Waals surface area contributed by atoms with Gasteiger partial charge in [-0.25, -0.2) is 0 Å². The van der Waals surface area contributed by atoms with Crippen LogP contribution in [0.1, 0.15) is 34.7 Å². The second-order valence-corrected chi connectivity index (χ2v) is 7.09. The maximum absolute atomic E-state index is 5.98. The molecule has 112 valence electrons. The van der Waals surface area contributed by atoms with Gasteiger partial charge in [0.1, 0.15) is 0 Å². The minimum absolute atomic E-state index is 0.201. The monoisotopic (exact) mass is 299 g/mol. The maximum Gasteiger partial charge on any atom is 0.0232 e. The number of hydrogen-bond donors (Lipinski definition) is 1. The minimum atomic E-state index is 0.201. The highest BCUT2D eigenvalue weighted by atomic mass is 32.2. The number of thioether (sulfide) groups is 1. The molecule has 0 bridgehead atoms. The van der Waals surface area contributed by atoms with E-state index < -0.39 is 0 Å². The number of aryl methyl sites for hydroxylation is 3. The van der Waals surface area contributed by atoms with Gasteiger partial charge in [0.25, 0.3) is 0 Å². The molecule has 0 aliphatic carbocycles. The molecule has 2 heteroatoms. The third-order valence-electron chi connectivity index (χ3n) is 3.43. The first-order chi connectivity index (χ1) is 9.94. The molecule has 0 saturated carbocycles. The van der Waals surface area contributed by atoms with E-state index in [0.29, 0.717) is 0 Å². The maximum atomic E-state index is 5.98. The van der Waals surface area contributed by atoms with Crippen molar-refractivity contribution in [2.75, 3.05) is 0 Å². The molecule has 2 rings (SSSR count). The largest absolute Gasteiger partial charge is 0.328 e. The molecule has 0 aliphatic heterocycles. The molecular formula is C19H25NS. The number of benzene rings is 2. The fourth-order valence-electron chi connectivity index (χ4n) is 2.67. The summed E-state index contributed by atoms with van der Waals surface area (Å²) in [4.78, 5) is 1.36. The molecule has 0 aromatic heterocycles. The number of hydrogen-bond acceptors (Lipinski definition) is 2. The van der Waals surface area contributed by atoms with Gasteiger partial charge in [-0.15, -0.1) is 11.8 Å². The Bertz CT molecular complexity index is 597. The summed E-state index contributed by atoms with van der Waals surface area (Å²) in [5.41, 5.74) is 12.7. The van der Waals surface area contributed by atoms with Crippen LogP contribution in [0.4, 0.5) is 0 Å². The van der Waals surface area contributed by atoms with Gasteiger partial charge in [0.15, 0.2) is 0 Å². The quantitative estimate of drug-likeness (QED) is 0.803. The smallest absolute Gasteiger partial charge is 0.0232 e. The van der Waals surface area contributed by atoms with Crippen LogP contribution >= 0.6 is 11.8 Å². The van der Waals surface area contributed by atoms with Crippen molar-refractivity contribution in [2.24, 2.45) is 5.73 Å². The lowest BCUT2D eigenvalue weighted by Crippen LogP contribution is -2.18. The fourth-order valence-corrected chi connectivity index (χ4v) is 3.65. The Morgan fingerprint density at radius 1 is 0.952 bits per heavy atom. The van der Waals surface area contributed by atoms with Crippen molar-refractivity contribution in [3.05, 3.63) is 64.2 Å². The van der Waals surface area contributed by atoms with Gasteiger partial charge >= 0.3 is 0 Å². The summed E-state index contributed by atoms with van der Waals surface area (Å²) in [7, 11) is 0. The van der Waals surface area contributed by atoms with E-state index in [0.717, 1.165) is 12.2 Å². The van der Waals surface area contributed by atoms with Gasteiger partial charge in [-0.3, -0.25) is 0 Å². The van der Waals surface area contributed by atoms with Gasteiger partial charge in [-0.05, 0) is 51.3 Å². The summed E-state index contributed by atoms with van der Waals surface area (Å²) in [6.45, 7) is 8.53. The normalized spacial score (nSPS) is 12.4. The van der Waals surface area contributed by atoms with E-state index in [2.05, 4.69) is 64.1 Å². The molecule has 1 unspecified atom stereocenters. The summed E-state index contributed by atoms with van der Waals surface area (Å²) in [5, 5.41) is 0. The van der Waals surface area contributed by atoms with E-state index in [1.807, 2.05) is 11.8 Å². The van der Waals surface area contributed by atoms with Crippen molar-refractivity contribution in [3.8, 4) is 0 Å². The predicted octanol–water partition coefficient (Wildman–Crippen LogP) is 4.79. The van der Waals surface area contributed by atoms with Crippen LogP contribution in [-0.4, -0.2) is 6.04 Å². The summed E-state index contributed by atoms with van der Waals surface area (Å²) in [5.74, 6) is 1.01. The molecule has 2 aromatic carbocycles. The molecule has 1 nitrogen and oxygen atoms in total. The molecule has 0 spiro atoms. The van der Waals surface area contributed by atoms with Crippen LogP contribution in [0.5, 0.6) is 0 Å². The molecule has 0 saturated heterocycles. The average molecular weight is 299 g/mol. The number of nitrogens with two attached hydrogens (primary N) is 1. The van der Waals surface area contributed by atoms with Crippen LogP contribution < -0.4 is 5.73 Å². The Kier molecular flexibility index (Phi) is 5.49. The van der Waals surface area contributed by atoms with Crippen molar-refractivity contribution < 1.29 is 0 Å². The van der Waals surface area contributed by atoms with Gasteiger partial charge in [-0.1, -0.05) is 47.0 Å². The molecule has 0 radical (unpaired) electrons. The van der Waals surface area contributed by atoms with Crippen LogP contribution in [0.2, 0.25) is 0 Å². The Morgan fingerprint density at radius 2 is 1.62 bits per heavy atom. The molecule has 0 heterocycles. The van der Waals surface area contributed by atoms with Crippen LogP contribution in [-0.2, 0) is 12.2 Å². The molecule has 0 aliphatic rings. The minimum Gasteiger partial charge on any atom is -0.328 e. The van der Waals surface area contributed by atoms with Crippen LogP contribution in [0.15, 0.2) is 41.3 Å². The van der Waals surface area contributed by atoms with E-state index >= 15 is 0 Å². The molecule has 2 aromatic rings. The van der Waals surface area contributed by atoms with Crippen molar-refractivity contribution in [1.82, 2.24) is 0 Å². The van der Waals surface area contributed by atoms with Crippen molar-refractivity contribution in [3.63, 3.8) is 0 Å². The Labute approximate surface area is 133 Å². The highest BCUT2D eigenvalue weighted by Gasteiger charge is 2.07. The van der Waals surface area contributed by atoms with E-state index in [1.165, 1.54) is 32.7 Å². The highest BCUT2D eigenvalue weighted by molar-refractivity contribution is 7.98. The first-order valence-electron chi connectivity index (χ1n) is 7.49. The second-order valence-electron chi connectivity index (χ2n) is 6.08. The zero-order chi connectivity index (χ0) is 15.4. The summed E-state index contributed by atoms with van der Waals surface area (Å²) in [6.07, 6.45) is 0.941. The van der Waals surface area contributed by atoms with Gasteiger partial charge in [0.2, 0.25) is 0 Å². The molecule has 1 atom stereocenters. The second kappa shape index (κ2) is 7.15. The first-order valence-corrected chi connectivity index (χ1v) is 8.47. The third kappa shape index (κ3) is 4.90. The van der Waals surface area contributed by atoms with Crippen molar-refractivity contribution >= 4 is 11.8 Å². The molecule has 21 heavy (non-hydrogen) atoms. The SMILES string of the molecule is Cc1cc(C)cc(CSc2ccc(C)cc2CC(C)N)c1. The topological polar surface area (TPSA) is 26.0 Å². The van der Waals surface area contributed by atoms with E-state index in [1.54, 1.807) is 0 Å². The molecule has 2 N–H and O–H groups in total. The van der Waals surface area contributed by atoms with Gasteiger partial charge < -0.3 is 5.73 Å². The predicted molar refractivity (Wildman–Crippen MR) is 94.0 cm³/mol. The Morgan fingerprint density at radius 3 is 2.24 bits per heavy atom. The zero-order valence-corrected chi connectivity index (χ0v) is 14.3. The molecule has 0 amide bonds.